The molecule has 0 heterocycles. The van der Waals surface area contributed by atoms with Gasteiger partial charge in [-0.3, -0.25) is 0 Å². The van der Waals surface area contributed by atoms with Gasteiger partial charge in [0.2, 0.25) is 0 Å². The predicted octanol–water partition coefficient (Wildman–Crippen LogP) is 5.54. The second-order valence-electron chi connectivity index (χ2n) is 5.13. The lowest BCUT2D eigenvalue weighted by Gasteiger charge is -2.40. The van der Waals surface area contributed by atoms with E-state index in [-0.39, 0.29) is 6.92 Å². The van der Waals surface area contributed by atoms with Gasteiger partial charge in [0.25, 0.3) is 0 Å². The standard InChI is InChI=1S/C12H9F13O2/c1-3-5(4(2)6(26)27)7(13,14)8(15,16)9(17,18)10(19,20)11(21,22)12(23,24)25/h3H2,1-2H3,(H,26,27). The van der Waals surface area contributed by atoms with E-state index in [0.717, 1.165) is 0 Å². The first kappa shape index (κ1) is 25.3. The Balaban J connectivity index is 6.73. The van der Waals surface area contributed by atoms with E-state index in [1.807, 2.05) is 0 Å². The summed E-state index contributed by atoms with van der Waals surface area (Å²) in [5, 5.41) is 8.47. The smallest absolute Gasteiger partial charge is 0.460 e. The molecule has 0 aliphatic rings. The van der Waals surface area contributed by atoms with Gasteiger partial charge in [-0.25, -0.2) is 4.79 Å². The number of aliphatic carboxylic acids is 1. The molecule has 1 N–H and O–H groups in total. The van der Waals surface area contributed by atoms with Crippen molar-refractivity contribution >= 4 is 5.97 Å². The van der Waals surface area contributed by atoms with Crippen LogP contribution in [-0.2, 0) is 4.79 Å². The van der Waals surface area contributed by atoms with E-state index in [0.29, 0.717) is 6.92 Å². The van der Waals surface area contributed by atoms with Crippen molar-refractivity contribution in [3.05, 3.63) is 11.1 Å². The summed E-state index contributed by atoms with van der Waals surface area (Å²) in [6.45, 7) is 0.693. The molecule has 0 aromatic rings. The Hall–Kier alpha value is -1.70. The Morgan fingerprint density at radius 2 is 1.04 bits per heavy atom. The number of hydrogen-bond acceptors (Lipinski definition) is 1. The topological polar surface area (TPSA) is 37.3 Å². The highest BCUT2D eigenvalue weighted by molar-refractivity contribution is 5.87. The zero-order chi connectivity index (χ0) is 22.4. The van der Waals surface area contributed by atoms with Crippen LogP contribution in [0.15, 0.2) is 11.1 Å². The van der Waals surface area contributed by atoms with E-state index in [9.17, 15) is 61.9 Å². The SMILES string of the molecule is CCC(=C(C)C(=O)O)C(F)(F)C(F)(F)C(F)(F)C(F)(F)C(F)(F)C(F)(F)F. The molecule has 0 unspecified atom stereocenters. The molecule has 160 valence electrons. The van der Waals surface area contributed by atoms with Crippen molar-refractivity contribution in [2.24, 2.45) is 0 Å². The molecule has 0 saturated heterocycles. The summed E-state index contributed by atoms with van der Waals surface area (Å²) < 4.78 is 169. The van der Waals surface area contributed by atoms with Crippen molar-refractivity contribution in [1.29, 1.82) is 0 Å². The van der Waals surface area contributed by atoms with Crippen LogP contribution >= 0.6 is 0 Å². The molecule has 2 nitrogen and oxygen atoms in total. The van der Waals surface area contributed by atoms with E-state index in [2.05, 4.69) is 0 Å². The van der Waals surface area contributed by atoms with Crippen molar-refractivity contribution in [3.8, 4) is 0 Å². The van der Waals surface area contributed by atoms with Gasteiger partial charge in [0.05, 0.1) is 0 Å². The molecule has 0 rings (SSSR count). The van der Waals surface area contributed by atoms with Gasteiger partial charge >= 0.3 is 41.8 Å². The summed E-state index contributed by atoms with van der Waals surface area (Å²) >= 11 is 0. The van der Waals surface area contributed by atoms with Crippen LogP contribution in [0.5, 0.6) is 0 Å². The van der Waals surface area contributed by atoms with Crippen molar-refractivity contribution in [1.82, 2.24) is 0 Å². The van der Waals surface area contributed by atoms with Crippen LogP contribution in [-0.4, -0.2) is 46.9 Å². The summed E-state index contributed by atoms with van der Waals surface area (Å²) in [7, 11) is 0. The summed E-state index contributed by atoms with van der Waals surface area (Å²) in [6.07, 6.45) is -8.95. The Bertz CT molecular complexity index is 615. The first-order valence-corrected chi connectivity index (χ1v) is 6.45. The molecule has 0 aromatic carbocycles. The van der Waals surface area contributed by atoms with E-state index in [4.69, 9.17) is 5.11 Å². The maximum Gasteiger partial charge on any atom is 0.460 e. The minimum Gasteiger partial charge on any atom is -0.478 e. The normalized spacial score (nSPS) is 16.3. The van der Waals surface area contributed by atoms with Gasteiger partial charge in [-0.1, -0.05) is 6.92 Å². The molecule has 0 saturated carbocycles. The minimum absolute atomic E-state index is 0.186. The van der Waals surface area contributed by atoms with E-state index in [1.165, 1.54) is 0 Å². The zero-order valence-corrected chi connectivity index (χ0v) is 13.0. The maximum absolute atomic E-state index is 13.8. The van der Waals surface area contributed by atoms with Gasteiger partial charge in [-0.15, -0.1) is 0 Å². The van der Waals surface area contributed by atoms with E-state index < -0.39 is 59.3 Å². The first-order valence-electron chi connectivity index (χ1n) is 6.45. The largest absolute Gasteiger partial charge is 0.478 e. The van der Waals surface area contributed by atoms with Crippen LogP contribution in [0.1, 0.15) is 20.3 Å². The maximum atomic E-state index is 13.8. The zero-order valence-electron chi connectivity index (χ0n) is 13.0. The molecule has 0 amide bonds. The fourth-order valence-electron chi connectivity index (χ4n) is 1.81. The van der Waals surface area contributed by atoms with Crippen LogP contribution in [0.3, 0.4) is 0 Å². The average molecular weight is 432 g/mol. The van der Waals surface area contributed by atoms with Crippen molar-refractivity contribution in [2.45, 2.75) is 56.1 Å². The van der Waals surface area contributed by atoms with E-state index in [1.54, 1.807) is 0 Å². The van der Waals surface area contributed by atoms with Crippen molar-refractivity contribution < 1.29 is 67.0 Å². The number of alkyl halides is 13. The Kier molecular flexibility index (Phi) is 6.30. The third-order valence-corrected chi connectivity index (χ3v) is 3.44. The Morgan fingerprint density at radius 1 is 0.704 bits per heavy atom. The molecule has 0 bridgehead atoms. The molecule has 0 radical (unpaired) electrons. The quantitative estimate of drug-likeness (QED) is 0.424. The number of halogens is 13. The molecule has 27 heavy (non-hydrogen) atoms. The predicted molar refractivity (Wildman–Crippen MR) is 61.4 cm³/mol. The minimum atomic E-state index is -8.01. The lowest BCUT2D eigenvalue weighted by molar-refractivity contribution is -0.437. The molecule has 0 fully saturated rings. The Morgan fingerprint density at radius 3 is 1.30 bits per heavy atom. The van der Waals surface area contributed by atoms with E-state index >= 15 is 0 Å². The van der Waals surface area contributed by atoms with Gasteiger partial charge in [-0.2, -0.15) is 57.1 Å². The summed E-state index contributed by atoms with van der Waals surface area (Å²) in [5.41, 5.74) is -4.09. The molecular formula is C12H9F13O2. The first-order chi connectivity index (χ1) is 11.6. The molecule has 15 heteroatoms. The second-order valence-corrected chi connectivity index (χ2v) is 5.13. The number of rotatable bonds is 7. The average Bonchev–Trinajstić information content (AvgIpc) is 2.45. The Labute approximate surface area is 141 Å². The van der Waals surface area contributed by atoms with Crippen LogP contribution < -0.4 is 0 Å². The van der Waals surface area contributed by atoms with Gasteiger partial charge in [0, 0.05) is 11.1 Å². The molecule has 0 aliphatic carbocycles. The molecule has 0 aliphatic heterocycles. The van der Waals surface area contributed by atoms with Crippen LogP contribution in [0.4, 0.5) is 57.1 Å². The highest BCUT2D eigenvalue weighted by Gasteiger charge is 2.91. The molecular weight excluding hydrogens is 423 g/mol. The van der Waals surface area contributed by atoms with Crippen LogP contribution in [0.25, 0.3) is 0 Å². The highest BCUT2D eigenvalue weighted by Crippen LogP contribution is 2.61. The van der Waals surface area contributed by atoms with Gasteiger partial charge in [0.1, 0.15) is 0 Å². The summed E-state index contributed by atoms with van der Waals surface area (Å²) in [5.74, 6) is -40.2. The van der Waals surface area contributed by atoms with Gasteiger partial charge in [0.15, 0.2) is 0 Å². The third-order valence-electron chi connectivity index (χ3n) is 3.44. The number of allylic oxidation sites excluding steroid dienone is 1. The molecule has 0 aromatic heterocycles. The molecule has 0 spiro atoms. The molecule has 0 atom stereocenters. The summed E-state index contributed by atoms with van der Waals surface area (Å²) in [4.78, 5) is 10.6. The summed E-state index contributed by atoms with van der Waals surface area (Å²) in [6, 6.07) is 0. The van der Waals surface area contributed by atoms with Crippen LogP contribution in [0.2, 0.25) is 0 Å². The fourth-order valence-corrected chi connectivity index (χ4v) is 1.81. The highest BCUT2D eigenvalue weighted by atomic mass is 19.4. The number of hydrogen-bond donors (Lipinski definition) is 1. The third kappa shape index (κ3) is 3.44. The number of carbonyl (C=O) groups is 1. The second kappa shape index (κ2) is 6.72. The number of carboxylic acids is 1. The monoisotopic (exact) mass is 432 g/mol. The lowest BCUT2D eigenvalue weighted by atomic mass is 9.87. The van der Waals surface area contributed by atoms with Gasteiger partial charge in [-0.05, 0) is 13.3 Å². The fraction of sp³-hybridized carbons (Fsp3) is 0.750. The number of carboxylic acid groups (broad SMARTS) is 1. The van der Waals surface area contributed by atoms with Crippen LogP contribution in [0, 0.1) is 0 Å². The van der Waals surface area contributed by atoms with Crippen molar-refractivity contribution in [3.63, 3.8) is 0 Å². The lowest BCUT2D eigenvalue weighted by Crippen LogP contribution is -2.70. The van der Waals surface area contributed by atoms with Crippen molar-refractivity contribution in [2.75, 3.05) is 0 Å². The van der Waals surface area contributed by atoms with Gasteiger partial charge < -0.3 is 5.11 Å².